The number of allylic oxidation sites excluding steroid dienone is 1. The van der Waals surface area contributed by atoms with E-state index in [0.29, 0.717) is 22.9 Å². The quantitative estimate of drug-likeness (QED) is 0.325. The molecule has 3 aliphatic carbocycles. The number of primary amides is 1. The molecule has 0 bridgehead atoms. The maximum atomic E-state index is 14.0. The van der Waals surface area contributed by atoms with Crippen LogP contribution in [0, 0.1) is 11.8 Å². The topological polar surface area (TPSA) is 165 Å². The first-order valence-corrected chi connectivity index (χ1v) is 14.3. The number of phenolic OH excluding ortho intramolecular Hbond substituents is 1. The van der Waals surface area contributed by atoms with E-state index < -0.39 is 76.0 Å². The summed E-state index contributed by atoms with van der Waals surface area (Å²) in [5.41, 5.74) is 2.28. The second kappa shape index (κ2) is 10.0. The maximum absolute atomic E-state index is 14.0. The zero-order chi connectivity index (χ0) is 32.0. The van der Waals surface area contributed by atoms with Crippen LogP contribution < -0.4 is 5.73 Å². The van der Waals surface area contributed by atoms with Gasteiger partial charge in [0.25, 0.3) is 5.91 Å². The Kier molecular flexibility index (Phi) is 6.87. The van der Waals surface area contributed by atoms with E-state index in [1.807, 2.05) is 0 Å². The number of aliphatic hydroxyl groups is 3. The van der Waals surface area contributed by atoms with Gasteiger partial charge in [-0.15, -0.1) is 0 Å². The molecule has 10 nitrogen and oxygen atoms in total. The average Bonchev–Trinajstić information content (AvgIpc) is 3.39. The van der Waals surface area contributed by atoms with Crippen molar-refractivity contribution in [1.82, 2.24) is 9.80 Å². The lowest BCUT2D eigenvalue weighted by atomic mass is 9.58. The van der Waals surface area contributed by atoms with Crippen molar-refractivity contribution >= 4 is 28.2 Å². The molecule has 1 fully saturated rings. The summed E-state index contributed by atoms with van der Waals surface area (Å²) in [4.78, 5) is 42.4. The molecule has 0 aromatic heterocycles. The maximum Gasteiger partial charge on any atom is 0.404 e. The summed E-state index contributed by atoms with van der Waals surface area (Å²) in [6, 6.07) is 3.94. The van der Waals surface area contributed by atoms with Gasteiger partial charge in [0.15, 0.2) is 11.4 Å². The predicted molar refractivity (Wildman–Crippen MR) is 151 cm³/mol. The van der Waals surface area contributed by atoms with Crippen molar-refractivity contribution in [2.24, 2.45) is 17.6 Å². The minimum absolute atomic E-state index is 0.00541. The molecule has 0 saturated carbocycles. The molecule has 0 spiro atoms. The highest BCUT2D eigenvalue weighted by atomic mass is 19.4. The summed E-state index contributed by atoms with van der Waals surface area (Å²) in [5, 5.41) is 46.2. The molecule has 44 heavy (non-hydrogen) atoms. The number of nitrogens with two attached hydrogens (primary N) is 1. The van der Waals surface area contributed by atoms with E-state index in [1.54, 1.807) is 32.3 Å². The molecule has 2 aromatic rings. The van der Waals surface area contributed by atoms with Crippen LogP contribution in [0.3, 0.4) is 0 Å². The third kappa shape index (κ3) is 4.24. The minimum Gasteiger partial charge on any atom is -0.510 e. The van der Waals surface area contributed by atoms with Crippen LogP contribution in [0.4, 0.5) is 13.2 Å². The molecule has 1 heterocycles. The van der Waals surface area contributed by atoms with E-state index in [1.165, 1.54) is 15.9 Å². The number of Topliss-reactive ketones (excluding diaryl/α,β-unsaturated/α-hetero) is 2. The summed E-state index contributed by atoms with van der Waals surface area (Å²) >= 11 is 0. The summed E-state index contributed by atoms with van der Waals surface area (Å²) in [6.45, 7) is 0.262. The number of benzene rings is 2. The van der Waals surface area contributed by atoms with Gasteiger partial charge in [-0.2, -0.15) is 13.2 Å². The number of carbonyl (C=O) groups is 3. The fraction of sp³-hybridized carbons (Fsp3) is 0.452. The Morgan fingerprint density at radius 1 is 1.16 bits per heavy atom. The molecule has 4 aliphatic rings. The first kappa shape index (κ1) is 30.1. The minimum atomic E-state index is -4.37. The number of amides is 1. The van der Waals surface area contributed by atoms with Gasteiger partial charge in [0, 0.05) is 23.4 Å². The summed E-state index contributed by atoms with van der Waals surface area (Å²) in [6.07, 6.45) is -3.84. The number of alkyl halides is 3. The molecule has 1 aliphatic heterocycles. The summed E-state index contributed by atoms with van der Waals surface area (Å²) in [7, 11) is 3.11. The van der Waals surface area contributed by atoms with Gasteiger partial charge in [0.05, 0.1) is 11.6 Å². The Hall–Kier alpha value is -3.94. The van der Waals surface area contributed by atoms with Gasteiger partial charge in [0.1, 0.15) is 28.9 Å². The van der Waals surface area contributed by atoms with Crippen LogP contribution >= 0.6 is 0 Å². The largest absolute Gasteiger partial charge is 0.510 e. The molecule has 234 valence electrons. The van der Waals surface area contributed by atoms with E-state index in [-0.39, 0.29) is 48.9 Å². The van der Waals surface area contributed by atoms with Crippen molar-refractivity contribution in [3.63, 3.8) is 0 Å². The number of aliphatic hydroxyl groups excluding tert-OH is 2. The Labute approximate surface area is 249 Å². The number of phenols is 1. The van der Waals surface area contributed by atoms with Crippen molar-refractivity contribution in [1.29, 1.82) is 0 Å². The predicted octanol–water partition coefficient (Wildman–Crippen LogP) is 2.80. The van der Waals surface area contributed by atoms with E-state index in [9.17, 15) is 48.0 Å². The molecule has 13 heteroatoms. The Bertz CT molecular complexity index is 1700. The lowest BCUT2D eigenvalue weighted by molar-refractivity contribution is -0.177. The van der Waals surface area contributed by atoms with Gasteiger partial charge in [-0.25, -0.2) is 0 Å². The number of likely N-dealkylation sites (tertiary alicyclic amines) is 1. The molecule has 6 N–H and O–H groups in total. The zero-order valence-electron chi connectivity index (χ0n) is 24.0. The molecule has 6 rings (SSSR count). The number of hydrogen-bond acceptors (Lipinski definition) is 9. The van der Waals surface area contributed by atoms with Crippen LogP contribution in [0.5, 0.6) is 5.75 Å². The average molecular weight is 616 g/mol. The van der Waals surface area contributed by atoms with Gasteiger partial charge in [0.2, 0.25) is 5.78 Å². The molecule has 0 radical (unpaired) electrons. The second-order valence-corrected chi connectivity index (χ2v) is 12.4. The fourth-order valence-corrected chi connectivity index (χ4v) is 7.78. The number of ketones is 2. The van der Waals surface area contributed by atoms with Gasteiger partial charge in [-0.3, -0.25) is 24.2 Å². The highest BCUT2D eigenvalue weighted by Gasteiger charge is 2.63. The Morgan fingerprint density at radius 2 is 1.86 bits per heavy atom. The normalized spacial score (nSPS) is 29.3. The van der Waals surface area contributed by atoms with E-state index in [4.69, 9.17) is 5.73 Å². The third-order valence-electron chi connectivity index (χ3n) is 9.72. The van der Waals surface area contributed by atoms with Crippen molar-refractivity contribution in [3.05, 3.63) is 63.6 Å². The molecule has 2 aromatic carbocycles. The first-order valence-electron chi connectivity index (χ1n) is 14.3. The van der Waals surface area contributed by atoms with Crippen LogP contribution in [0.25, 0.3) is 10.8 Å². The SMILES string of the molecule is CN(C)[C@@H]1C(O)=C(C(N)=O)C(=O)[C@@]2(O)C(O)=C3C(=O)c4c(cc5ccc(CN6CCC[C@@H]6C(F)(F)F)cc5c4O)C[C@H]3C[C@@H]12. The molecular formula is C31H32F3N3O7. The highest BCUT2D eigenvalue weighted by Crippen LogP contribution is 2.52. The summed E-state index contributed by atoms with van der Waals surface area (Å²) < 4.78 is 40.5. The van der Waals surface area contributed by atoms with Crippen molar-refractivity contribution in [2.45, 2.75) is 56.1 Å². The zero-order valence-corrected chi connectivity index (χ0v) is 24.0. The van der Waals surface area contributed by atoms with E-state index in [0.717, 1.165) is 0 Å². The molecule has 1 amide bonds. The first-order chi connectivity index (χ1) is 20.6. The van der Waals surface area contributed by atoms with Crippen LogP contribution in [0.2, 0.25) is 0 Å². The Balaban J connectivity index is 1.43. The van der Waals surface area contributed by atoms with Crippen LogP contribution in [0.1, 0.15) is 40.7 Å². The van der Waals surface area contributed by atoms with Crippen LogP contribution in [0.15, 0.2) is 46.9 Å². The smallest absolute Gasteiger partial charge is 0.404 e. The standard InChI is InChI=1S/C31H32F3N3O7/c1-36(2)23-18-11-16-10-15-9-14-6-5-13(12-37-7-3-4-19(37)31(32,33)34)8-17(14)24(38)20(15)25(39)21(16)27(41)30(18,44)28(42)22(26(23)40)29(35)43/h5-6,8-9,16,18-19,23,38,40-41,44H,3-4,7,10-12H2,1-2H3,(H2,35,43)/t16-,18-,19+,23-,30-/m0/s1. The van der Waals surface area contributed by atoms with E-state index in [2.05, 4.69) is 0 Å². The molecular weight excluding hydrogens is 583 g/mol. The van der Waals surface area contributed by atoms with Crippen molar-refractivity contribution in [2.75, 3.05) is 20.6 Å². The Morgan fingerprint density at radius 3 is 2.50 bits per heavy atom. The van der Waals surface area contributed by atoms with Gasteiger partial charge < -0.3 is 26.2 Å². The lowest BCUT2D eigenvalue weighted by Crippen LogP contribution is -2.63. The van der Waals surface area contributed by atoms with Gasteiger partial charge in [-0.05, 0) is 74.8 Å². The monoisotopic (exact) mass is 615 g/mol. The lowest BCUT2D eigenvalue weighted by Gasteiger charge is -2.50. The van der Waals surface area contributed by atoms with Gasteiger partial charge in [-0.1, -0.05) is 18.2 Å². The molecule has 1 saturated heterocycles. The number of hydrogen-bond donors (Lipinski definition) is 5. The fourth-order valence-electron chi connectivity index (χ4n) is 7.78. The number of carbonyl (C=O) groups excluding carboxylic acids is 3. The number of aromatic hydroxyl groups is 1. The second-order valence-electron chi connectivity index (χ2n) is 12.4. The number of rotatable bonds is 4. The van der Waals surface area contributed by atoms with Gasteiger partial charge >= 0.3 is 6.18 Å². The summed E-state index contributed by atoms with van der Waals surface area (Å²) in [5.74, 6) is -7.31. The van der Waals surface area contributed by atoms with Crippen molar-refractivity contribution in [3.8, 4) is 5.75 Å². The number of halogens is 3. The van der Waals surface area contributed by atoms with Crippen LogP contribution in [-0.2, 0) is 22.6 Å². The molecule has 0 unspecified atom stereocenters. The van der Waals surface area contributed by atoms with Crippen molar-refractivity contribution < 1.29 is 48.0 Å². The molecule has 5 atom stereocenters. The van der Waals surface area contributed by atoms with Crippen LogP contribution in [-0.4, -0.2) is 92.2 Å². The van der Waals surface area contributed by atoms with E-state index >= 15 is 0 Å². The number of fused-ring (bicyclic) bond motifs is 4. The highest BCUT2D eigenvalue weighted by molar-refractivity contribution is 6.25. The third-order valence-corrected chi connectivity index (χ3v) is 9.72. The number of likely N-dealkylation sites (N-methyl/N-ethyl adjacent to an activating group) is 1. The number of nitrogens with zero attached hydrogens (tertiary/aromatic N) is 2.